The average Bonchev–Trinajstić information content (AvgIpc) is 3.34. The number of aliphatic imine (C=N–C) groups is 1. The predicted octanol–water partition coefficient (Wildman–Crippen LogP) is 2.82. The van der Waals surface area contributed by atoms with Gasteiger partial charge in [0.25, 0.3) is 0 Å². The largest absolute Gasteiger partial charge is 0.492 e. The van der Waals surface area contributed by atoms with E-state index in [0.29, 0.717) is 36.9 Å². The monoisotopic (exact) mass is 387 g/mol. The van der Waals surface area contributed by atoms with Gasteiger partial charge in [0, 0.05) is 43.1 Å². The molecule has 2 aromatic heterocycles. The van der Waals surface area contributed by atoms with Crippen LogP contribution >= 0.6 is 0 Å². The van der Waals surface area contributed by atoms with Crippen LogP contribution in [0.4, 0.5) is 5.82 Å². The Morgan fingerprint density at radius 1 is 1.17 bits per heavy atom. The minimum absolute atomic E-state index is 0.0557. The van der Waals surface area contributed by atoms with Crippen molar-refractivity contribution in [2.24, 2.45) is 4.99 Å². The number of aromatic hydroxyl groups is 1. The number of hydrogen-bond acceptors (Lipinski definition) is 6. The molecule has 0 spiro atoms. The van der Waals surface area contributed by atoms with Gasteiger partial charge in [0.15, 0.2) is 5.82 Å². The summed E-state index contributed by atoms with van der Waals surface area (Å²) in [5, 5.41) is 13.9. The number of H-pyrrole nitrogens is 1. The Balaban J connectivity index is 1.51. The molecule has 3 aromatic rings. The number of nitrogens with zero attached hydrogens (tertiary/aromatic N) is 3. The highest BCUT2D eigenvalue weighted by molar-refractivity contribution is 6.20. The van der Waals surface area contributed by atoms with E-state index in [4.69, 9.17) is 4.74 Å². The maximum atomic E-state index is 10.5. The summed E-state index contributed by atoms with van der Waals surface area (Å²) in [5.41, 5.74) is 2.81. The molecule has 1 atom stereocenters. The maximum Gasteiger partial charge on any atom is 0.237 e. The van der Waals surface area contributed by atoms with Gasteiger partial charge >= 0.3 is 0 Å². The summed E-state index contributed by atoms with van der Waals surface area (Å²) in [4.78, 5) is 16.3. The number of benzene rings is 1. The number of imidazole rings is 1. The van der Waals surface area contributed by atoms with Crippen LogP contribution in [0, 0.1) is 0 Å². The van der Waals surface area contributed by atoms with Crippen LogP contribution in [0.5, 0.6) is 5.88 Å². The standard InChI is InChI=1S/C22H21N5O2/c28-20-18(11-16-13-25-19-17(16)7-4-8-24-19)26-21(27-20)22(14-23-9-10-29-22)12-15-5-2-1-3-6-15/h1-8,11,13,23,28H,9-10,12,14H2,(H,26,27)/t22-/m1/s1. The summed E-state index contributed by atoms with van der Waals surface area (Å²) < 4.78 is 6.23. The van der Waals surface area contributed by atoms with E-state index in [1.807, 2.05) is 36.4 Å². The van der Waals surface area contributed by atoms with Gasteiger partial charge in [0.05, 0.1) is 6.61 Å². The van der Waals surface area contributed by atoms with E-state index in [-0.39, 0.29) is 5.88 Å². The normalized spacial score (nSPS) is 22.1. The van der Waals surface area contributed by atoms with Crippen LogP contribution in [-0.4, -0.2) is 46.0 Å². The van der Waals surface area contributed by atoms with Gasteiger partial charge in [-0.3, -0.25) is 0 Å². The molecule has 1 aromatic carbocycles. The number of aromatic nitrogens is 3. The number of rotatable bonds is 4. The fourth-order valence-corrected chi connectivity index (χ4v) is 3.82. The third-order valence-electron chi connectivity index (χ3n) is 5.27. The molecular formula is C22H21N5O2. The number of hydrogen-bond donors (Lipinski definition) is 3. The van der Waals surface area contributed by atoms with Gasteiger partial charge in [0.1, 0.15) is 17.1 Å². The Bertz CT molecular complexity index is 1080. The molecule has 1 saturated heterocycles. The predicted molar refractivity (Wildman–Crippen MR) is 111 cm³/mol. The summed E-state index contributed by atoms with van der Waals surface area (Å²) in [6.45, 7) is 1.98. The number of fused-ring (bicyclic) bond motifs is 1. The fourth-order valence-electron chi connectivity index (χ4n) is 3.82. The lowest BCUT2D eigenvalue weighted by Crippen LogP contribution is -2.49. The van der Waals surface area contributed by atoms with Crippen LogP contribution in [0.3, 0.4) is 0 Å². The van der Waals surface area contributed by atoms with E-state index < -0.39 is 5.60 Å². The first-order valence-corrected chi connectivity index (χ1v) is 9.63. The summed E-state index contributed by atoms with van der Waals surface area (Å²) in [5.74, 6) is 1.23. The van der Waals surface area contributed by atoms with Crippen molar-refractivity contribution >= 4 is 23.7 Å². The zero-order valence-electron chi connectivity index (χ0n) is 15.8. The second-order valence-electron chi connectivity index (χ2n) is 7.24. The van der Waals surface area contributed by atoms with Crippen LogP contribution in [0.1, 0.15) is 22.6 Å². The lowest BCUT2D eigenvalue weighted by molar-refractivity contribution is -0.0765. The van der Waals surface area contributed by atoms with Crippen LogP contribution in [0.25, 0.3) is 11.6 Å². The van der Waals surface area contributed by atoms with E-state index in [1.165, 1.54) is 0 Å². The Kier molecular flexibility index (Phi) is 4.46. The van der Waals surface area contributed by atoms with Crippen LogP contribution < -0.4 is 5.32 Å². The molecule has 0 radical (unpaired) electrons. The molecule has 0 saturated carbocycles. The third-order valence-corrected chi connectivity index (χ3v) is 5.27. The quantitative estimate of drug-likeness (QED) is 0.640. The smallest absolute Gasteiger partial charge is 0.237 e. The summed E-state index contributed by atoms with van der Waals surface area (Å²) in [6, 6.07) is 14.0. The number of ether oxygens (including phenoxy) is 1. The number of aromatic amines is 1. The topological polar surface area (TPSA) is 95.4 Å². The van der Waals surface area contributed by atoms with Gasteiger partial charge in [-0.1, -0.05) is 30.3 Å². The Hall–Kier alpha value is -3.29. The molecule has 4 heterocycles. The molecule has 0 bridgehead atoms. The molecule has 0 amide bonds. The van der Waals surface area contributed by atoms with Crippen molar-refractivity contribution in [3.05, 3.63) is 71.3 Å². The first-order valence-electron chi connectivity index (χ1n) is 9.63. The van der Waals surface area contributed by atoms with Gasteiger partial charge in [-0.2, -0.15) is 4.98 Å². The Labute approximate surface area is 168 Å². The van der Waals surface area contributed by atoms with Crippen LogP contribution in [0.2, 0.25) is 0 Å². The van der Waals surface area contributed by atoms with Crippen molar-refractivity contribution < 1.29 is 9.84 Å². The van der Waals surface area contributed by atoms with Gasteiger partial charge < -0.3 is 20.1 Å². The molecule has 3 N–H and O–H groups in total. The summed E-state index contributed by atoms with van der Waals surface area (Å²) in [6.07, 6.45) is 5.95. The van der Waals surface area contributed by atoms with E-state index >= 15 is 0 Å². The highest BCUT2D eigenvalue weighted by Crippen LogP contribution is 2.34. The van der Waals surface area contributed by atoms with E-state index in [9.17, 15) is 5.11 Å². The highest BCUT2D eigenvalue weighted by Gasteiger charge is 2.39. The molecule has 2 aliphatic heterocycles. The van der Waals surface area contributed by atoms with Gasteiger partial charge in [-0.15, -0.1) is 0 Å². The van der Waals surface area contributed by atoms with Crippen molar-refractivity contribution in [3.8, 4) is 5.88 Å². The third kappa shape index (κ3) is 3.35. The number of nitrogens with one attached hydrogen (secondary N) is 2. The maximum absolute atomic E-state index is 10.5. The lowest BCUT2D eigenvalue weighted by Gasteiger charge is -2.36. The lowest BCUT2D eigenvalue weighted by atomic mass is 9.92. The molecule has 146 valence electrons. The Morgan fingerprint density at radius 2 is 2.07 bits per heavy atom. The van der Waals surface area contributed by atoms with Crippen molar-refractivity contribution in [1.82, 2.24) is 20.3 Å². The first kappa shape index (κ1) is 17.8. The minimum Gasteiger partial charge on any atom is -0.492 e. The Morgan fingerprint density at radius 3 is 2.90 bits per heavy atom. The number of morpholine rings is 1. The zero-order valence-corrected chi connectivity index (χ0v) is 15.8. The molecule has 1 fully saturated rings. The SMILES string of the molecule is Oc1nc([C@@]2(Cc3ccccc3)CNCCO2)[nH]c1C=C1C=Nc2ncccc21. The molecule has 5 rings (SSSR count). The van der Waals surface area contributed by atoms with Crippen molar-refractivity contribution in [3.63, 3.8) is 0 Å². The van der Waals surface area contributed by atoms with Crippen molar-refractivity contribution in [2.45, 2.75) is 12.0 Å². The molecular weight excluding hydrogens is 366 g/mol. The molecule has 0 unspecified atom stereocenters. The molecule has 29 heavy (non-hydrogen) atoms. The second-order valence-corrected chi connectivity index (χ2v) is 7.24. The van der Waals surface area contributed by atoms with Crippen molar-refractivity contribution in [2.75, 3.05) is 19.7 Å². The van der Waals surface area contributed by atoms with E-state index in [2.05, 4.69) is 37.4 Å². The summed E-state index contributed by atoms with van der Waals surface area (Å²) in [7, 11) is 0. The van der Waals surface area contributed by atoms with Crippen LogP contribution in [0.15, 0.2) is 53.7 Å². The zero-order chi connectivity index (χ0) is 19.7. The van der Waals surface area contributed by atoms with Crippen molar-refractivity contribution in [1.29, 1.82) is 0 Å². The first-order chi connectivity index (χ1) is 14.2. The van der Waals surface area contributed by atoms with E-state index in [0.717, 1.165) is 23.2 Å². The van der Waals surface area contributed by atoms with E-state index in [1.54, 1.807) is 12.4 Å². The fraction of sp³-hybridized carbons (Fsp3) is 0.227. The highest BCUT2D eigenvalue weighted by atomic mass is 16.5. The minimum atomic E-state index is -0.670. The van der Waals surface area contributed by atoms with Gasteiger partial charge in [-0.05, 0) is 23.8 Å². The number of allylic oxidation sites excluding steroid dienone is 1. The molecule has 7 heteroatoms. The summed E-state index contributed by atoms with van der Waals surface area (Å²) >= 11 is 0. The molecule has 2 aliphatic rings. The van der Waals surface area contributed by atoms with Gasteiger partial charge in [0.2, 0.25) is 5.88 Å². The second kappa shape index (κ2) is 7.27. The molecule has 7 nitrogen and oxygen atoms in total. The molecule has 0 aliphatic carbocycles. The average molecular weight is 387 g/mol. The van der Waals surface area contributed by atoms with Crippen LogP contribution in [-0.2, 0) is 16.8 Å². The number of pyridine rings is 1. The van der Waals surface area contributed by atoms with Gasteiger partial charge in [-0.25, -0.2) is 9.98 Å².